The van der Waals surface area contributed by atoms with Gasteiger partial charge in [-0.05, 0) is 43.3 Å². The van der Waals surface area contributed by atoms with E-state index in [1.54, 1.807) is 12.0 Å². The van der Waals surface area contributed by atoms with Crippen LogP contribution in [0, 0.1) is 0 Å². The number of ether oxygens (including phenoxy) is 1. The molecule has 1 aliphatic rings. The Labute approximate surface area is 188 Å². The molecule has 2 aromatic carbocycles. The topological polar surface area (TPSA) is 74.9 Å². The zero-order chi connectivity index (χ0) is 22.5. The predicted molar refractivity (Wildman–Crippen MR) is 122 cm³/mol. The van der Waals surface area contributed by atoms with Crippen molar-refractivity contribution >= 4 is 11.6 Å². The van der Waals surface area contributed by atoms with Crippen LogP contribution in [0.3, 0.4) is 0 Å². The summed E-state index contributed by atoms with van der Waals surface area (Å²) < 4.78 is 10.7. The largest absolute Gasteiger partial charge is 0.497 e. The van der Waals surface area contributed by atoms with Crippen LogP contribution < -0.4 is 9.64 Å². The monoisotopic (exact) mass is 435 g/mol. The summed E-state index contributed by atoms with van der Waals surface area (Å²) in [6, 6.07) is 17.2. The molecule has 0 aliphatic carbocycles. The summed E-state index contributed by atoms with van der Waals surface area (Å²) in [6.07, 6.45) is 0. The Morgan fingerprint density at radius 2 is 1.78 bits per heavy atom. The molecule has 4 rings (SSSR count). The van der Waals surface area contributed by atoms with Crippen molar-refractivity contribution in [1.29, 1.82) is 0 Å². The van der Waals surface area contributed by atoms with Gasteiger partial charge in [0, 0.05) is 44.5 Å². The van der Waals surface area contributed by atoms with Gasteiger partial charge in [-0.2, -0.15) is 4.98 Å². The van der Waals surface area contributed by atoms with Crippen molar-refractivity contribution in [2.24, 2.45) is 0 Å². The minimum Gasteiger partial charge on any atom is -0.497 e. The van der Waals surface area contributed by atoms with Gasteiger partial charge in [0.1, 0.15) is 5.75 Å². The lowest BCUT2D eigenvalue weighted by Crippen LogP contribution is -2.53. The van der Waals surface area contributed by atoms with E-state index in [1.165, 1.54) is 0 Å². The van der Waals surface area contributed by atoms with E-state index < -0.39 is 0 Å². The maximum atomic E-state index is 12.9. The maximum Gasteiger partial charge on any atom is 0.243 e. The predicted octanol–water partition coefficient (Wildman–Crippen LogP) is 2.91. The molecule has 3 aromatic rings. The number of anilines is 1. The summed E-state index contributed by atoms with van der Waals surface area (Å²) in [5.41, 5.74) is 1.80. The number of carbonyl (C=O) groups is 1. The number of hydrogen-bond donors (Lipinski definition) is 0. The molecule has 0 saturated carbocycles. The molecule has 1 aromatic heterocycles. The van der Waals surface area contributed by atoms with Crippen LogP contribution in [-0.4, -0.2) is 72.2 Å². The lowest BCUT2D eigenvalue weighted by Gasteiger charge is -2.38. The molecular formula is C24H29N5O3. The number of methoxy groups -OCH3 is 1. The van der Waals surface area contributed by atoms with Crippen molar-refractivity contribution in [3.63, 3.8) is 0 Å². The van der Waals surface area contributed by atoms with Crippen LogP contribution in [0.5, 0.6) is 5.75 Å². The molecule has 8 nitrogen and oxygen atoms in total. The number of benzene rings is 2. The second-order valence-corrected chi connectivity index (χ2v) is 7.96. The molecular weight excluding hydrogens is 406 g/mol. The minimum atomic E-state index is -0.174. The molecule has 8 heteroatoms. The summed E-state index contributed by atoms with van der Waals surface area (Å²) in [5.74, 6) is 2.06. The number of amides is 1. The highest BCUT2D eigenvalue weighted by atomic mass is 16.5. The molecule has 1 fully saturated rings. The van der Waals surface area contributed by atoms with Crippen LogP contribution in [0.25, 0.3) is 11.4 Å². The van der Waals surface area contributed by atoms with E-state index in [2.05, 4.69) is 19.9 Å². The Morgan fingerprint density at radius 1 is 1.09 bits per heavy atom. The van der Waals surface area contributed by atoms with E-state index in [-0.39, 0.29) is 11.9 Å². The van der Waals surface area contributed by atoms with Gasteiger partial charge in [-0.25, -0.2) is 0 Å². The number of hydrogen-bond acceptors (Lipinski definition) is 7. The van der Waals surface area contributed by atoms with E-state index in [0.717, 1.165) is 43.2 Å². The zero-order valence-electron chi connectivity index (χ0n) is 18.8. The van der Waals surface area contributed by atoms with E-state index >= 15 is 0 Å². The lowest BCUT2D eigenvalue weighted by molar-refractivity contribution is -0.123. The fourth-order valence-corrected chi connectivity index (χ4v) is 3.89. The van der Waals surface area contributed by atoms with Crippen molar-refractivity contribution in [1.82, 2.24) is 19.9 Å². The highest BCUT2D eigenvalue weighted by molar-refractivity contribution is 5.96. The van der Waals surface area contributed by atoms with Gasteiger partial charge in [-0.15, -0.1) is 0 Å². The minimum absolute atomic E-state index is 0.102. The highest BCUT2D eigenvalue weighted by Gasteiger charge is 2.28. The quantitative estimate of drug-likeness (QED) is 0.565. The molecule has 0 spiro atoms. The van der Waals surface area contributed by atoms with Crippen LogP contribution in [0.1, 0.15) is 12.8 Å². The first-order valence-corrected chi connectivity index (χ1v) is 10.8. The summed E-state index contributed by atoms with van der Waals surface area (Å²) >= 11 is 0. The summed E-state index contributed by atoms with van der Waals surface area (Å²) in [5, 5.41) is 4.11. The van der Waals surface area contributed by atoms with Crippen LogP contribution in [-0.2, 0) is 11.3 Å². The van der Waals surface area contributed by atoms with Gasteiger partial charge in [0.25, 0.3) is 0 Å². The summed E-state index contributed by atoms with van der Waals surface area (Å²) in [6.45, 7) is 5.89. The van der Waals surface area contributed by atoms with Crippen LogP contribution in [0.2, 0.25) is 0 Å². The van der Waals surface area contributed by atoms with Gasteiger partial charge in [0.05, 0.1) is 19.7 Å². The molecule has 1 atom stereocenters. The fourth-order valence-electron chi connectivity index (χ4n) is 3.89. The van der Waals surface area contributed by atoms with Crippen LogP contribution in [0.4, 0.5) is 5.69 Å². The third kappa shape index (κ3) is 4.98. The molecule has 0 bridgehead atoms. The van der Waals surface area contributed by atoms with Gasteiger partial charge in [0.15, 0.2) is 0 Å². The Balaban J connectivity index is 1.29. The second kappa shape index (κ2) is 9.93. The van der Waals surface area contributed by atoms with E-state index in [4.69, 9.17) is 9.26 Å². The smallest absolute Gasteiger partial charge is 0.243 e. The summed E-state index contributed by atoms with van der Waals surface area (Å²) in [4.78, 5) is 23.7. The van der Waals surface area contributed by atoms with Gasteiger partial charge in [0.2, 0.25) is 17.6 Å². The van der Waals surface area contributed by atoms with Crippen molar-refractivity contribution in [2.75, 3.05) is 45.2 Å². The average molecular weight is 436 g/mol. The molecule has 32 heavy (non-hydrogen) atoms. The number of likely N-dealkylation sites (N-methyl/N-ethyl adjacent to an activating group) is 1. The first-order chi connectivity index (χ1) is 15.5. The van der Waals surface area contributed by atoms with Crippen molar-refractivity contribution in [3.8, 4) is 17.1 Å². The summed E-state index contributed by atoms with van der Waals surface area (Å²) in [7, 11) is 3.47. The van der Waals surface area contributed by atoms with E-state index in [1.807, 2.05) is 68.6 Å². The molecule has 0 N–H and O–H groups in total. The number of para-hydroxylation sites is 1. The first kappa shape index (κ1) is 22.0. The third-order valence-electron chi connectivity index (χ3n) is 5.96. The number of piperazine rings is 1. The van der Waals surface area contributed by atoms with E-state index in [0.29, 0.717) is 18.3 Å². The standard InChI is InChI=1S/C24H29N5O3/c1-18(24(30)27(2)20-7-5-4-6-8-20)29-15-13-28(14-16-29)17-22-25-23(26-32-22)19-9-11-21(31-3)12-10-19/h4-12,18H,13-17H2,1-3H3. The Hall–Kier alpha value is -3.23. The van der Waals surface area contributed by atoms with Gasteiger partial charge >= 0.3 is 0 Å². The average Bonchev–Trinajstić information content (AvgIpc) is 3.32. The molecule has 1 unspecified atom stereocenters. The van der Waals surface area contributed by atoms with Crippen molar-refractivity contribution < 1.29 is 14.1 Å². The highest BCUT2D eigenvalue weighted by Crippen LogP contribution is 2.21. The molecule has 168 valence electrons. The Bertz CT molecular complexity index is 1010. The van der Waals surface area contributed by atoms with Crippen LogP contribution >= 0.6 is 0 Å². The van der Waals surface area contributed by atoms with Gasteiger partial charge < -0.3 is 14.2 Å². The van der Waals surface area contributed by atoms with Crippen LogP contribution in [0.15, 0.2) is 59.1 Å². The number of rotatable bonds is 7. The van der Waals surface area contributed by atoms with Crippen molar-refractivity contribution in [2.45, 2.75) is 19.5 Å². The fraction of sp³-hybridized carbons (Fsp3) is 0.375. The first-order valence-electron chi connectivity index (χ1n) is 10.8. The maximum absolute atomic E-state index is 12.9. The number of aromatic nitrogens is 2. The normalized spacial score (nSPS) is 16.0. The second-order valence-electron chi connectivity index (χ2n) is 7.96. The number of nitrogens with zero attached hydrogens (tertiary/aromatic N) is 5. The molecule has 2 heterocycles. The SMILES string of the molecule is COc1ccc(-c2noc(CN3CCN(C(C)C(=O)N(C)c4ccccc4)CC3)n2)cc1. The van der Waals surface area contributed by atoms with Gasteiger partial charge in [-0.3, -0.25) is 14.6 Å². The Kier molecular flexibility index (Phi) is 6.82. The molecule has 1 saturated heterocycles. The molecule has 0 radical (unpaired) electrons. The lowest BCUT2D eigenvalue weighted by atomic mass is 10.2. The molecule has 1 amide bonds. The molecule has 1 aliphatic heterocycles. The zero-order valence-corrected chi connectivity index (χ0v) is 18.8. The number of carbonyl (C=O) groups excluding carboxylic acids is 1. The third-order valence-corrected chi connectivity index (χ3v) is 5.96. The van der Waals surface area contributed by atoms with Gasteiger partial charge in [-0.1, -0.05) is 23.4 Å². The van der Waals surface area contributed by atoms with Crippen molar-refractivity contribution in [3.05, 3.63) is 60.5 Å². The Morgan fingerprint density at radius 3 is 2.44 bits per heavy atom. The van der Waals surface area contributed by atoms with E-state index in [9.17, 15) is 4.79 Å².